The maximum absolute atomic E-state index is 6.13. The zero-order valence-electron chi connectivity index (χ0n) is 12.9. The first-order valence-corrected chi connectivity index (χ1v) is 7.61. The van der Waals surface area contributed by atoms with E-state index in [2.05, 4.69) is 36.5 Å². The standard InChI is InChI=1S/C17H27NO2/c1-13-7-4-5-10-16(13)17(18-2)12-20-15-9-6-8-14(11-15)19-3/h4-5,7,10,14-15,17-18H,6,8-9,11-12H2,1-3H3. The summed E-state index contributed by atoms with van der Waals surface area (Å²) < 4.78 is 11.6. The number of hydrogen-bond acceptors (Lipinski definition) is 3. The lowest BCUT2D eigenvalue weighted by molar-refractivity contribution is -0.0352. The van der Waals surface area contributed by atoms with Crippen LogP contribution >= 0.6 is 0 Å². The van der Waals surface area contributed by atoms with Crippen LogP contribution in [0.4, 0.5) is 0 Å². The van der Waals surface area contributed by atoms with Gasteiger partial charge in [0.15, 0.2) is 0 Å². The van der Waals surface area contributed by atoms with Crippen molar-refractivity contribution < 1.29 is 9.47 Å². The molecule has 3 nitrogen and oxygen atoms in total. The van der Waals surface area contributed by atoms with Crippen LogP contribution in [0.25, 0.3) is 0 Å². The van der Waals surface area contributed by atoms with Gasteiger partial charge < -0.3 is 14.8 Å². The Morgan fingerprint density at radius 2 is 2.00 bits per heavy atom. The van der Waals surface area contributed by atoms with E-state index >= 15 is 0 Å². The predicted octanol–water partition coefficient (Wildman–Crippen LogP) is 3.23. The zero-order chi connectivity index (χ0) is 14.4. The average molecular weight is 277 g/mol. The highest BCUT2D eigenvalue weighted by atomic mass is 16.5. The third kappa shape index (κ3) is 4.05. The summed E-state index contributed by atoms with van der Waals surface area (Å²) in [5.41, 5.74) is 2.64. The summed E-state index contributed by atoms with van der Waals surface area (Å²) in [4.78, 5) is 0. The lowest BCUT2D eigenvalue weighted by Gasteiger charge is -2.30. The van der Waals surface area contributed by atoms with Crippen molar-refractivity contribution in [1.29, 1.82) is 0 Å². The number of ether oxygens (including phenoxy) is 2. The molecule has 1 aromatic carbocycles. The monoisotopic (exact) mass is 277 g/mol. The maximum atomic E-state index is 6.13. The maximum Gasteiger partial charge on any atom is 0.0665 e. The molecule has 0 amide bonds. The van der Waals surface area contributed by atoms with Crippen molar-refractivity contribution in [3.8, 4) is 0 Å². The van der Waals surface area contributed by atoms with Crippen molar-refractivity contribution in [3.63, 3.8) is 0 Å². The number of methoxy groups -OCH3 is 1. The highest BCUT2D eigenvalue weighted by Crippen LogP contribution is 2.25. The minimum absolute atomic E-state index is 0.263. The van der Waals surface area contributed by atoms with E-state index in [9.17, 15) is 0 Å². The second-order valence-corrected chi connectivity index (χ2v) is 5.68. The largest absolute Gasteiger partial charge is 0.381 e. The van der Waals surface area contributed by atoms with Gasteiger partial charge in [-0.1, -0.05) is 24.3 Å². The molecule has 112 valence electrons. The molecule has 0 bridgehead atoms. The van der Waals surface area contributed by atoms with Gasteiger partial charge in [-0.2, -0.15) is 0 Å². The smallest absolute Gasteiger partial charge is 0.0665 e. The molecule has 3 heteroatoms. The second kappa shape index (κ2) is 7.77. The average Bonchev–Trinajstić information content (AvgIpc) is 2.49. The van der Waals surface area contributed by atoms with Crippen molar-refractivity contribution in [2.24, 2.45) is 0 Å². The second-order valence-electron chi connectivity index (χ2n) is 5.68. The molecule has 1 aliphatic carbocycles. The fourth-order valence-corrected chi connectivity index (χ4v) is 3.01. The molecule has 1 fully saturated rings. The Balaban J connectivity index is 1.89. The summed E-state index contributed by atoms with van der Waals surface area (Å²) in [6.07, 6.45) is 5.28. The molecule has 0 spiro atoms. The lowest BCUT2D eigenvalue weighted by Crippen LogP contribution is -2.31. The normalized spacial score (nSPS) is 24.6. The van der Waals surface area contributed by atoms with Gasteiger partial charge in [-0.15, -0.1) is 0 Å². The van der Waals surface area contributed by atoms with Crippen LogP contribution < -0.4 is 5.32 Å². The summed E-state index contributed by atoms with van der Waals surface area (Å²) >= 11 is 0. The molecule has 20 heavy (non-hydrogen) atoms. The number of nitrogens with one attached hydrogen (secondary N) is 1. The predicted molar refractivity (Wildman–Crippen MR) is 82.0 cm³/mol. The number of rotatable bonds is 6. The molecule has 1 N–H and O–H groups in total. The first kappa shape index (κ1) is 15.5. The number of hydrogen-bond donors (Lipinski definition) is 1. The fourth-order valence-electron chi connectivity index (χ4n) is 3.01. The third-order valence-electron chi connectivity index (χ3n) is 4.32. The molecular weight excluding hydrogens is 250 g/mol. The summed E-state index contributed by atoms with van der Waals surface area (Å²) in [5.74, 6) is 0. The molecule has 0 saturated heterocycles. The molecular formula is C17H27NO2. The van der Waals surface area contributed by atoms with Crippen LogP contribution in [0.15, 0.2) is 24.3 Å². The van der Waals surface area contributed by atoms with Gasteiger partial charge in [0.2, 0.25) is 0 Å². The van der Waals surface area contributed by atoms with E-state index in [1.165, 1.54) is 24.0 Å². The first-order chi connectivity index (χ1) is 9.74. The van der Waals surface area contributed by atoms with Crippen molar-refractivity contribution >= 4 is 0 Å². The summed E-state index contributed by atoms with van der Waals surface area (Å²) in [7, 11) is 3.80. The summed E-state index contributed by atoms with van der Waals surface area (Å²) in [6, 6.07) is 8.77. The Morgan fingerprint density at radius 1 is 1.25 bits per heavy atom. The van der Waals surface area contributed by atoms with Gasteiger partial charge in [-0.25, -0.2) is 0 Å². The molecule has 0 heterocycles. The minimum Gasteiger partial charge on any atom is -0.381 e. The number of aryl methyl sites for hydroxylation is 1. The molecule has 3 unspecified atom stereocenters. The van der Waals surface area contributed by atoms with Crippen LogP contribution in [0, 0.1) is 6.92 Å². The molecule has 1 aromatic rings. The Morgan fingerprint density at radius 3 is 2.70 bits per heavy atom. The first-order valence-electron chi connectivity index (χ1n) is 7.61. The topological polar surface area (TPSA) is 30.5 Å². The van der Waals surface area contributed by atoms with E-state index in [4.69, 9.17) is 9.47 Å². The van der Waals surface area contributed by atoms with Crippen molar-refractivity contribution in [2.45, 2.75) is 50.9 Å². The minimum atomic E-state index is 0.263. The van der Waals surface area contributed by atoms with Crippen molar-refractivity contribution in [1.82, 2.24) is 5.32 Å². The third-order valence-corrected chi connectivity index (χ3v) is 4.32. The van der Waals surface area contributed by atoms with E-state index in [0.717, 1.165) is 19.4 Å². The molecule has 0 aromatic heterocycles. The van der Waals surface area contributed by atoms with Gasteiger partial charge in [0.05, 0.1) is 24.9 Å². The Hall–Kier alpha value is -0.900. The van der Waals surface area contributed by atoms with Crippen LogP contribution in [0.2, 0.25) is 0 Å². The van der Waals surface area contributed by atoms with E-state index in [1.807, 2.05) is 7.05 Å². The zero-order valence-corrected chi connectivity index (χ0v) is 12.9. The van der Waals surface area contributed by atoms with Gasteiger partial charge in [0.1, 0.15) is 0 Å². The highest BCUT2D eigenvalue weighted by molar-refractivity contribution is 5.28. The molecule has 3 atom stereocenters. The molecule has 0 radical (unpaired) electrons. The van der Waals surface area contributed by atoms with Gasteiger partial charge in [0, 0.05) is 7.11 Å². The quantitative estimate of drug-likeness (QED) is 0.866. The SMILES string of the molecule is CNC(COC1CCCC(OC)C1)c1ccccc1C. The van der Waals surface area contributed by atoms with E-state index < -0.39 is 0 Å². The lowest BCUT2D eigenvalue weighted by atomic mass is 9.94. The van der Waals surface area contributed by atoms with Crippen LogP contribution in [-0.4, -0.2) is 33.0 Å². The van der Waals surface area contributed by atoms with Gasteiger partial charge >= 0.3 is 0 Å². The fraction of sp³-hybridized carbons (Fsp3) is 0.647. The van der Waals surface area contributed by atoms with Gasteiger partial charge in [-0.3, -0.25) is 0 Å². The van der Waals surface area contributed by atoms with Crippen LogP contribution in [0.1, 0.15) is 42.9 Å². The van der Waals surface area contributed by atoms with Gasteiger partial charge in [0.25, 0.3) is 0 Å². The van der Waals surface area contributed by atoms with Crippen molar-refractivity contribution in [2.75, 3.05) is 20.8 Å². The van der Waals surface area contributed by atoms with E-state index in [-0.39, 0.29) is 6.04 Å². The Bertz CT molecular complexity index is 408. The number of benzene rings is 1. The molecule has 1 aliphatic rings. The number of likely N-dealkylation sites (N-methyl/N-ethyl adjacent to an activating group) is 1. The summed E-state index contributed by atoms with van der Waals surface area (Å²) in [5, 5.41) is 3.37. The molecule has 1 saturated carbocycles. The molecule has 0 aliphatic heterocycles. The molecule has 2 rings (SSSR count). The Kier molecular flexibility index (Phi) is 6.02. The van der Waals surface area contributed by atoms with E-state index in [0.29, 0.717) is 12.2 Å². The summed E-state index contributed by atoms with van der Waals surface area (Å²) in [6.45, 7) is 2.88. The van der Waals surface area contributed by atoms with Crippen molar-refractivity contribution in [3.05, 3.63) is 35.4 Å². The van der Waals surface area contributed by atoms with Crippen LogP contribution in [-0.2, 0) is 9.47 Å². The van der Waals surface area contributed by atoms with Gasteiger partial charge in [-0.05, 0) is 50.8 Å². The highest BCUT2D eigenvalue weighted by Gasteiger charge is 2.23. The van der Waals surface area contributed by atoms with Crippen LogP contribution in [0.5, 0.6) is 0 Å². The van der Waals surface area contributed by atoms with E-state index in [1.54, 1.807) is 7.11 Å². The van der Waals surface area contributed by atoms with Crippen LogP contribution in [0.3, 0.4) is 0 Å². The Labute approximate surface area is 122 Å².